The average Bonchev–Trinajstić information content (AvgIpc) is 2.34. The average molecular weight is 205 g/mol. The van der Waals surface area contributed by atoms with Gasteiger partial charge < -0.3 is 10.6 Å². The maximum absolute atomic E-state index is 11.4. The Morgan fingerprint density at radius 1 is 1.31 bits per heavy atom. The van der Waals surface area contributed by atoms with Gasteiger partial charge in [-0.15, -0.1) is 12.4 Å². The van der Waals surface area contributed by atoms with Crippen LogP contribution in [0.15, 0.2) is 0 Å². The lowest BCUT2D eigenvalue weighted by Crippen LogP contribution is -2.41. The zero-order valence-corrected chi connectivity index (χ0v) is 8.53. The molecule has 13 heavy (non-hydrogen) atoms. The van der Waals surface area contributed by atoms with Crippen LogP contribution in [0.25, 0.3) is 0 Å². The second kappa shape index (κ2) is 4.82. The molecule has 1 aliphatic heterocycles. The van der Waals surface area contributed by atoms with Gasteiger partial charge in [0.2, 0.25) is 5.91 Å². The second-order valence-corrected chi connectivity index (χ2v) is 3.83. The topological polar surface area (TPSA) is 41.1 Å². The number of carbonyl (C=O) groups excluding carboxylic acids is 1. The molecule has 0 unspecified atom stereocenters. The summed E-state index contributed by atoms with van der Waals surface area (Å²) in [5, 5.41) is 6.32. The molecule has 76 valence electrons. The van der Waals surface area contributed by atoms with E-state index in [0.29, 0.717) is 12.0 Å². The van der Waals surface area contributed by atoms with Gasteiger partial charge >= 0.3 is 0 Å². The maximum Gasteiger partial charge on any atom is 0.223 e. The molecular formula is C9H17ClN2O. The highest BCUT2D eigenvalue weighted by atomic mass is 35.5. The van der Waals surface area contributed by atoms with Gasteiger partial charge in [-0.3, -0.25) is 4.79 Å². The number of nitrogens with one attached hydrogen (secondary N) is 2. The molecular weight excluding hydrogens is 188 g/mol. The molecule has 3 nitrogen and oxygen atoms in total. The van der Waals surface area contributed by atoms with Crippen LogP contribution in [0.1, 0.15) is 25.7 Å². The molecule has 0 aromatic heterocycles. The summed E-state index contributed by atoms with van der Waals surface area (Å²) < 4.78 is 0. The highest BCUT2D eigenvalue weighted by Crippen LogP contribution is 2.26. The van der Waals surface area contributed by atoms with Crippen molar-refractivity contribution in [3.8, 4) is 0 Å². The van der Waals surface area contributed by atoms with Crippen molar-refractivity contribution in [1.29, 1.82) is 0 Å². The first-order valence-electron chi connectivity index (χ1n) is 4.87. The molecule has 0 spiro atoms. The second-order valence-electron chi connectivity index (χ2n) is 3.83. The Labute approximate surface area is 85.1 Å². The summed E-state index contributed by atoms with van der Waals surface area (Å²) in [6.45, 7) is 2.01. The molecule has 2 fully saturated rings. The maximum atomic E-state index is 11.4. The summed E-state index contributed by atoms with van der Waals surface area (Å²) in [5.41, 5.74) is 0. The number of rotatable bonds is 2. The minimum Gasteiger partial charge on any atom is -0.352 e. The number of hydrogen-bond donors (Lipinski definition) is 2. The van der Waals surface area contributed by atoms with Crippen LogP contribution in [0.2, 0.25) is 0 Å². The highest BCUT2D eigenvalue weighted by molar-refractivity contribution is 5.85. The van der Waals surface area contributed by atoms with Crippen molar-refractivity contribution in [3.63, 3.8) is 0 Å². The normalized spacial score (nSPS) is 27.5. The van der Waals surface area contributed by atoms with E-state index >= 15 is 0 Å². The molecule has 0 radical (unpaired) electrons. The van der Waals surface area contributed by atoms with Gasteiger partial charge in [-0.25, -0.2) is 0 Å². The standard InChI is InChI=1S/C9H16N2O.ClH/c12-9(7-2-1-3-7)11-8-4-5-10-6-8;/h7-8,10H,1-6H2,(H,11,12);1H/t8-;/m0./s1. The van der Waals surface area contributed by atoms with E-state index in [-0.39, 0.29) is 18.3 Å². The van der Waals surface area contributed by atoms with E-state index in [1.165, 1.54) is 6.42 Å². The van der Waals surface area contributed by atoms with Gasteiger partial charge in [0, 0.05) is 18.5 Å². The van der Waals surface area contributed by atoms with Gasteiger partial charge in [-0.2, -0.15) is 0 Å². The van der Waals surface area contributed by atoms with E-state index in [1.54, 1.807) is 0 Å². The fraction of sp³-hybridized carbons (Fsp3) is 0.889. The molecule has 0 aromatic rings. The Hall–Kier alpha value is -0.280. The number of carbonyl (C=O) groups is 1. The Morgan fingerprint density at radius 2 is 2.08 bits per heavy atom. The zero-order chi connectivity index (χ0) is 8.39. The van der Waals surface area contributed by atoms with Crippen LogP contribution in [0.3, 0.4) is 0 Å². The van der Waals surface area contributed by atoms with Crippen LogP contribution < -0.4 is 10.6 Å². The third-order valence-corrected chi connectivity index (χ3v) is 2.88. The lowest BCUT2D eigenvalue weighted by Gasteiger charge is -2.25. The van der Waals surface area contributed by atoms with Crippen molar-refractivity contribution in [1.82, 2.24) is 10.6 Å². The first-order valence-corrected chi connectivity index (χ1v) is 4.87. The number of hydrogen-bond acceptors (Lipinski definition) is 2. The van der Waals surface area contributed by atoms with Gasteiger partial charge in [-0.1, -0.05) is 6.42 Å². The molecule has 0 aromatic carbocycles. The van der Waals surface area contributed by atoms with Gasteiger partial charge in [-0.05, 0) is 25.8 Å². The van der Waals surface area contributed by atoms with Crippen LogP contribution >= 0.6 is 12.4 Å². The molecule has 1 atom stereocenters. The van der Waals surface area contributed by atoms with Crippen LogP contribution in [-0.4, -0.2) is 25.0 Å². The molecule has 1 aliphatic carbocycles. The van der Waals surface area contributed by atoms with Crippen LogP contribution in [0.5, 0.6) is 0 Å². The van der Waals surface area contributed by atoms with Gasteiger partial charge in [0.25, 0.3) is 0 Å². The lowest BCUT2D eigenvalue weighted by molar-refractivity contribution is -0.128. The van der Waals surface area contributed by atoms with Crippen molar-refractivity contribution in [2.45, 2.75) is 31.7 Å². The fourth-order valence-corrected chi connectivity index (χ4v) is 1.77. The Bertz CT molecular complexity index is 176. The van der Waals surface area contributed by atoms with Crippen molar-refractivity contribution in [3.05, 3.63) is 0 Å². The molecule has 2 N–H and O–H groups in total. The molecule has 1 saturated carbocycles. The van der Waals surface area contributed by atoms with E-state index in [4.69, 9.17) is 0 Å². The predicted molar refractivity (Wildman–Crippen MR) is 54.0 cm³/mol. The Kier molecular flexibility index (Phi) is 4.00. The van der Waals surface area contributed by atoms with Gasteiger partial charge in [0.15, 0.2) is 0 Å². The van der Waals surface area contributed by atoms with E-state index < -0.39 is 0 Å². The third-order valence-electron chi connectivity index (χ3n) is 2.88. The lowest BCUT2D eigenvalue weighted by atomic mass is 9.84. The van der Waals surface area contributed by atoms with Crippen LogP contribution in [0.4, 0.5) is 0 Å². The van der Waals surface area contributed by atoms with E-state index in [0.717, 1.165) is 32.4 Å². The Morgan fingerprint density at radius 3 is 2.54 bits per heavy atom. The zero-order valence-electron chi connectivity index (χ0n) is 7.71. The summed E-state index contributed by atoms with van der Waals surface area (Å²) in [6, 6.07) is 0.401. The third kappa shape index (κ3) is 2.58. The van der Waals surface area contributed by atoms with Crippen molar-refractivity contribution in [2.75, 3.05) is 13.1 Å². The highest BCUT2D eigenvalue weighted by Gasteiger charge is 2.27. The summed E-state index contributed by atoms with van der Waals surface area (Å²) >= 11 is 0. The monoisotopic (exact) mass is 204 g/mol. The first kappa shape index (κ1) is 10.8. The van der Waals surface area contributed by atoms with E-state index in [1.807, 2.05) is 0 Å². The summed E-state index contributed by atoms with van der Waals surface area (Å²) in [5.74, 6) is 0.626. The van der Waals surface area contributed by atoms with Gasteiger partial charge in [0.1, 0.15) is 0 Å². The van der Waals surface area contributed by atoms with E-state index in [2.05, 4.69) is 10.6 Å². The molecule has 4 heteroatoms. The molecule has 1 amide bonds. The SMILES string of the molecule is Cl.O=C(N[C@H]1CCNC1)C1CCC1. The van der Waals surface area contributed by atoms with Crippen LogP contribution in [0, 0.1) is 5.92 Å². The molecule has 1 saturated heterocycles. The molecule has 2 rings (SSSR count). The number of halogens is 1. The quantitative estimate of drug-likeness (QED) is 0.695. The predicted octanol–water partition coefficient (Wildman–Crippen LogP) is 0.686. The largest absolute Gasteiger partial charge is 0.352 e. The molecule has 0 bridgehead atoms. The summed E-state index contributed by atoms with van der Waals surface area (Å²) in [7, 11) is 0. The summed E-state index contributed by atoms with van der Waals surface area (Å²) in [6.07, 6.45) is 4.54. The molecule has 1 heterocycles. The minimum atomic E-state index is 0. The van der Waals surface area contributed by atoms with Crippen LogP contribution in [-0.2, 0) is 4.79 Å². The first-order chi connectivity index (χ1) is 5.86. The fourth-order valence-electron chi connectivity index (χ4n) is 1.77. The molecule has 2 aliphatic rings. The smallest absolute Gasteiger partial charge is 0.223 e. The van der Waals surface area contributed by atoms with Crippen molar-refractivity contribution >= 4 is 18.3 Å². The van der Waals surface area contributed by atoms with E-state index in [9.17, 15) is 4.79 Å². The Balaban J connectivity index is 0.000000845. The van der Waals surface area contributed by atoms with Crippen molar-refractivity contribution in [2.24, 2.45) is 5.92 Å². The number of amides is 1. The minimum absolute atomic E-state index is 0. The summed E-state index contributed by atoms with van der Waals surface area (Å²) in [4.78, 5) is 11.4. The van der Waals surface area contributed by atoms with Crippen molar-refractivity contribution < 1.29 is 4.79 Å². The van der Waals surface area contributed by atoms with Gasteiger partial charge in [0.05, 0.1) is 0 Å².